The highest BCUT2D eigenvalue weighted by Crippen LogP contribution is 2.21. The number of aromatic nitrogens is 1. The van der Waals surface area contributed by atoms with Crippen molar-refractivity contribution in [3.8, 4) is 0 Å². The van der Waals surface area contributed by atoms with E-state index in [-0.39, 0.29) is 16.8 Å². The van der Waals surface area contributed by atoms with Crippen LogP contribution in [-0.2, 0) is 0 Å². The third-order valence-electron chi connectivity index (χ3n) is 2.50. The third kappa shape index (κ3) is 2.06. The van der Waals surface area contributed by atoms with Crippen molar-refractivity contribution in [3.05, 3.63) is 59.4 Å². The Morgan fingerprint density at radius 2 is 1.78 bits per heavy atom. The van der Waals surface area contributed by atoms with Crippen molar-refractivity contribution in [1.29, 1.82) is 0 Å². The molecule has 5 nitrogen and oxygen atoms in total. The molecule has 0 unspecified atom stereocenters. The molecule has 0 amide bonds. The molecule has 90 valence electrons. The van der Waals surface area contributed by atoms with Crippen LogP contribution in [0.25, 0.3) is 0 Å². The van der Waals surface area contributed by atoms with Crippen LogP contribution in [0.2, 0.25) is 0 Å². The van der Waals surface area contributed by atoms with Crippen LogP contribution >= 0.6 is 0 Å². The van der Waals surface area contributed by atoms with Gasteiger partial charge >= 0.3 is 5.97 Å². The number of hydrogen-bond acceptors (Lipinski definition) is 4. The molecule has 0 spiro atoms. The van der Waals surface area contributed by atoms with Gasteiger partial charge in [0, 0.05) is 23.6 Å². The van der Waals surface area contributed by atoms with Crippen molar-refractivity contribution >= 4 is 17.4 Å². The lowest BCUT2D eigenvalue weighted by Crippen LogP contribution is -2.12. The number of carbonyl (C=O) groups is 2. The monoisotopic (exact) mass is 242 g/mol. The van der Waals surface area contributed by atoms with Crippen molar-refractivity contribution in [1.82, 2.24) is 4.98 Å². The van der Waals surface area contributed by atoms with Gasteiger partial charge in [0.05, 0.1) is 11.1 Å². The molecule has 0 aliphatic carbocycles. The molecule has 2 rings (SSSR count). The molecule has 18 heavy (non-hydrogen) atoms. The van der Waals surface area contributed by atoms with E-state index in [0.717, 1.165) is 0 Å². The van der Waals surface area contributed by atoms with E-state index in [2.05, 4.69) is 4.98 Å². The summed E-state index contributed by atoms with van der Waals surface area (Å²) in [5.74, 6) is -1.60. The largest absolute Gasteiger partial charge is 0.478 e. The van der Waals surface area contributed by atoms with E-state index >= 15 is 0 Å². The summed E-state index contributed by atoms with van der Waals surface area (Å²) < 4.78 is 0. The van der Waals surface area contributed by atoms with E-state index in [1.807, 2.05) is 0 Å². The fraction of sp³-hybridized carbons (Fsp3) is 0. The first-order valence-corrected chi connectivity index (χ1v) is 5.17. The molecule has 2 aromatic rings. The van der Waals surface area contributed by atoms with Gasteiger partial charge in [0.15, 0.2) is 5.78 Å². The zero-order valence-electron chi connectivity index (χ0n) is 9.33. The maximum atomic E-state index is 12.2. The van der Waals surface area contributed by atoms with Gasteiger partial charge in [0.25, 0.3) is 0 Å². The molecule has 0 saturated heterocycles. The van der Waals surface area contributed by atoms with Crippen LogP contribution in [0.4, 0.5) is 5.69 Å². The van der Waals surface area contributed by atoms with Crippen molar-refractivity contribution in [3.63, 3.8) is 0 Å². The first-order valence-electron chi connectivity index (χ1n) is 5.17. The van der Waals surface area contributed by atoms with Crippen molar-refractivity contribution in [2.45, 2.75) is 0 Å². The Bertz CT molecular complexity index is 609. The minimum atomic E-state index is -1.18. The average molecular weight is 242 g/mol. The topological polar surface area (TPSA) is 93.3 Å². The predicted octanol–water partition coefficient (Wildman–Crippen LogP) is 1.59. The molecule has 1 heterocycles. The lowest BCUT2D eigenvalue weighted by molar-refractivity contribution is 0.0693. The Labute approximate surface area is 103 Å². The zero-order valence-corrected chi connectivity index (χ0v) is 9.33. The number of carboxylic acid groups (broad SMARTS) is 1. The molecule has 5 heteroatoms. The van der Waals surface area contributed by atoms with Crippen LogP contribution in [0.5, 0.6) is 0 Å². The molecule has 0 atom stereocenters. The highest BCUT2D eigenvalue weighted by Gasteiger charge is 2.20. The van der Waals surface area contributed by atoms with Crippen LogP contribution < -0.4 is 5.73 Å². The molecule has 1 aromatic heterocycles. The normalized spacial score (nSPS) is 10.0. The molecule has 0 radical (unpaired) electrons. The van der Waals surface area contributed by atoms with Crippen molar-refractivity contribution in [2.75, 3.05) is 5.73 Å². The Kier molecular flexibility index (Phi) is 3.05. The number of nitrogen functional groups attached to an aromatic ring is 1. The summed E-state index contributed by atoms with van der Waals surface area (Å²) in [6.45, 7) is 0. The molecule has 0 bridgehead atoms. The second-order valence-electron chi connectivity index (χ2n) is 3.64. The molecular weight excluding hydrogens is 232 g/mol. The summed E-state index contributed by atoms with van der Waals surface area (Å²) in [5.41, 5.74) is 6.11. The van der Waals surface area contributed by atoms with Crippen molar-refractivity contribution in [2.24, 2.45) is 0 Å². The van der Waals surface area contributed by atoms with Crippen LogP contribution in [0, 0.1) is 0 Å². The molecule has 3 N–H and O–H groups in total. The first kappa shape index (κ1) is 11.8. The number of ketones is 1. The molecule has 0 saturated carbocycles. The summed E-state index contributed by atoms with van der Waals surface area (Å²) in [5, 5.41) is 9.07. The van der Waals surface area contributed by atoms with E-state index in [0.29, 0.717) is 5.56 Å². The summed E-state index contributed by atoms with van der Waals surface area (Å²) in [7, 11) is 0. The van der Waals surface area contributed by atoms with Crippen LogP contribution in [0.3, 0.4) is 0 Å². The average Bonchev–Trinajstić information content (AvgIpc) is 2.38. The van der Waals surface area contributed by atoms with Gasteiger partial charge < -0.3 is 10.8 Å². The highest BCUT2D eigenvalue weighted by molar-refractivity contribution is 6.17. The van der Waals surface area contributed by atoms with Gasteiger partial charge in [-0.25, -0.2) is 4.79 Å². The standard InChI is InChI=1S/C13H10N2O3/c14-10-3-1-2-9(13(17)18)11(10)12(16)8-4-6-15-7-5-8/h1-7H,14H2,(H,17,18). The van der Waals surface area contributed by atoms with Gasteiger partial charge in [-0.2, -0.15) is 0 Å². The fourth-order valence-corrected chi connectivity index (χ4v) is 1.65. The second-order valence-corrected chi connectivity index (χ2v) is 3.64. The maximum absolute atomic E-state index is 12.2. The van der Waals surface area contributed by atoms with E-state index in [9.17, 15) is 9.59 Å². The smallest absolute Gasteiger partial charge is 0.336 e. The summed E-state index contributed by atoms with van der Waals surface area (Å²) >= 11 is 0. The number of pyridine rings is 1. The lowest BCUT2D eigenvalue weighted by Gasteiger charge is -2.08. The number of carbonyl (C=O) groups excluding carboxylic acids is 1. The predicted molar refractivity (Wildman–Crippen MR) is 65.5 cm³/mol. The van der Waals surface area contributed by atoms with Gasteiger partial charge in [-0.1, -0.05) is 6.07 Å². The van der Waals surface area contributed by atoms with Gasteiger partial charge in [-0.05, 0) is 24.3 Å². The summed E-state index contributed by atoms with van der Waals surface area (Å²) in [4.78, 5) is 27.1. The number of rotatable bonds is 3. The van der Waals surface area contributed by atoms with Crippen LogP contribution in [-0.4, -0.2) is 21.8 Å². The van der Waals surface area contributed by atoms with Crippen LogP contribution in [0.15, 0.2) is 42.7 Å². The van der Waals surface area contributed by atoms with Gasteiger partial charge in [0.1, 0.15) is 0 Å². The number of benzene rings is 1. The SMILES string of the molecule is Nc1cccc(C(=O)O)c1C(=O)c1ccncc1. The highest BCUT2D eigenvalue weighted by atomic mass is 16.4. The van der Waals surface area contributed by atoms with Crippen molar-refractivity contribution < 1.29 is 14.7 Å². The number of anilines is 1. The van der Waals surface area contributed by atoms with E-state index in [1.165, 1.54) is 42.7 Å². The summed E-state index contributed by atoms with van der Waals surface area (Å²) in [6, 6.07) is 7.39. The third-order valence-corrected chi connectivity index (χ3v) is 2.50. The Morgan fingerprint density at radius 3 is 2.39 bits per heavy atom. The second kappa shape index (κ2) is 4.67. The minimum Gasteiger partial charge on any atom is -0.478 e. The number of hydrogen-bond donors (Lipinski definition) is 2. The summed E-state index contributed by atoms with van der Waals surface area (Å²) in [6.07, 6.45) is 2.93. The van der Waals surface area contributed by atoms with Gasteiger partial charge in [-0.3, -0.25) is 9.78 Å². The van der Waals surface area contributed by atoms with Gasteiger partial charge in [0.2, 0.25) is 0 Å². The Balaban J connectivity index is 2.58. The first-order chi connectivity index (χ1) is 8.61. The van der Waals surface area contributed by atoms with E-state index < -0.39 is 11.8 Å². The molecule has 0 fully saturated rings. The molecule has 0 aliphatic heterocycles. The van der Waals surface area contributed by atoms with Crippen LogP contribution in [0.1, 0.15) is 26.3 Å². The quantitative estimate of drug-likeness (QED) is 0.629. The molecular formula is C13H10N2O3. The fourth-order valence-electron chi connectivity index (χ4n) is 1.65. The number of nitrogens with two attached hydrogens (primary N) is 1. The number of carboxylic acids is 1. The number of nitrogens with zero attached hydrogens (tertiary/aromatic N) is 1. The minimum absolute atomic E-state index is 0.0104. The molecule has 1 aromatic carbocycles. The number of aromatic carboxylic acids is 1. The van der Waals surface area contributed by atoms with Gasteiger partial charge in [-0.15, -0.1) is 0 Å². The maximum Gasteiger partial charge on any atom is 0.336 e. The molecule has 0 aliphatic rings. The zero-order chi connectivity index (χ0) is 13.1. The van der Waals surface area contributed by atoms with E-state index in [1.54, 1.807) is 0 Å². The lowest BCUT2D eigenvalue weighted by atomic mass is 9.97. The Morgan fingerprint density at radius 1 is 1.11 bits per heavy atom. The van der Waals surface area contributed by atoms with E-state index in [4.69, 9.17) is 10.8 Å². The Hall–Kier alpha value is -2.69.